The van der Waals surface area contributed by atoms with Crippen LogP contribution in [0.5, 0.6) is 5.75 Å². The highest BCUT2D eigenvalue weighted by atomic mass is 32.2. The first kappa shape index (κ1) is 19.3. The molecule has 3 aromatic rings. The minimum atomic E-state index is -4.36. The second-order valence-corrected chi connectivity index (χ2v) is 6.93. The van der Waals surface area contributed by atoms with E-state index in [1.807, 2.05) is 32.0 Å². The van der Waals surface area contributed by atoms with Gasteiger partial charge in [0.15, 0.2) is 6.61 Å². The Labute approximate surface area is 158 Å². The summed E-state index contributed by atoms with van der Waals surface area (Å²) in [7, 11) is 0. The molecule has 27 heavy (non-hydrogen) atoms. The monoisotopic (exact) mass is 394 g/mol. The Balaban J connectivity index is 1.58. The lowest BCUT2D eigenvalue weighted by Gasteiger charge is -2.08. The van der Waals surface area contributed by atoms with Crippen molar-refractivity contribution in [2.24, 2.45) is 0 Å². The molecule has 1 heterocycles. The van der Waals surface area contributed by atoms with Gasteiger partial charge in [-0.3, -0.25) is 0 Å². The van der Waals surface area contributed by atoms with E-state index in [9.17, 15) is 13.2 Å². The fourth-order valence-corrected chi connectivity index (χ4v) is 3.06. The molecule has 0 saturated carbocycles. The van der Waals surface area contributed by atoms with Crippen LogP contribution in [0.1, 0.15) is 28.1 Å². The van der Waals surface area contributed by atoms with Crippen LogP contribution >= 0.6 is 11.8 Å². The largest absolute Gasteiger partial charge is 0.484 e. The second kappa shape index (κ2) is 8.04. The van der Waals surface area contributed by atoms with Gasteiger partial charge in [-0.25, -0.2) is 0 Å². The van der Waals surface area contributed by atoms with Crippen molar-refractivity contribution < 1.29 is 22.3 Å². The van der Waals surface area contributed by atoms with Gasteiger partial charge in [0.1, 0.15) is 5.75 Å². The molecule has 0 N–H and O–H groups in total. The predicted molar refractivity (Wildman–Crippen MR) is 95.6 cm³/mol. The molecular weight excluding hydrogens is 377 g/mol. The van der Waals surface area contributed by atoms with Crippen molar-refractivity contribution >= 4 is 11.8 Å². The average molecular weight is 394 g/mol. The Morgan fingerprint density at radius 1 is 1.07 bits per heavy atom. The van der Waals surface area contributed by atoms with E-state index in [0.29, 0.717) is 17.2 Å². The summed E-state index contributed by atoms with van der Waals surface area (Å²) in [6.07, 6.45) is -4.36. The van der Waals surface area contributed by atoms with Crippen molar-refractivity contribution in [3.05, 3.63) is 70.6 Å². The van der Waals surface area contributed by atoms with Gasteiger partial charge >= 0.3 is 6.18 Å². The summed E-state index contributed by atoms with van der Waals surface area (Å²) in [5.74, 6) is 1.34. The lowest BCUT2D eigenvalue weighted by molar-refractivity contribution is -0.137. The first-order valence-electron chi connectivity index (χ1n) is 8.12. The summed E-state index contributed by atoms with van der Waals surface area (Å²) in [5, 5.41) is 8.09. The van der Waals surface area contributed by atoms with Crippen LogP contribution in [0.15, 0.2) is 52.1 Å². The zero-order valence-electron chi connectivity index (χ0n) is 14.7. The summed E-state index contributed by atoms with van der Waals surface area (Å²) >= 11 is 1.18. The highest BCUT2D eigenvalue weighted by Crippen LogP contribution is 2.31. The van der Waals surface area contributed by atoms with Crippen LogP contribution < -0.4 is 4.74 Å². The number of aromatic nitrogens is 2. The number of aryl methyl sites for hydroxylation is 2. The van der Waals surface area contributed by atoms with Gasteiger partial charge in [-0.15, -0.1) is 10.2 Å². The number of benzene rings is 2. The van der Waals surface area contributed by atoms with Crippen LogP contribution in [0.25, 0.3) is 0 Å². The Bertz CT molecular complexity index is 925. The van der Waals surface area contributed by atoms with Gasteiger partial charge in [0, 0.05) is 5.75 Å². The average Bonchev–Trinajstić information content (AvgIpc) is 3.08. The van der Waals surface area contributed by atoms with Crippen molar-refractivity contribution in [3.8, 4) is 5.75 Å². The highest BCUT2D eigenvalue weighted by Gasteiger charge is 2.30. The number of nitrogens with zero attached hydrogens (tertiary/aromatic N) is 2. The Kier molecular flexibility index (Phi) is 5.74. The van der Waals surface area contributed by atoms with Crippen molar-refractivity contribution in [1.82, 2.24) is 10.2 Å². The number of alkyl halides is 3. The van der Waals surface area contributed by atoms with E-state index in [1.54, 1.807) is 6.07 Å². The number of halogens is 3. The number of hydrogen-bond acceptors (Lipinski definition) is 5. The predicted octanol–water partition coefficient (Wildman–Crippen LogP) is 5.58. The van der Waals surface area contributed by atoms with E-state index < -0.39 is 11.7 Å². The van der Waals surface area contributed by atoms with Gasteiger partial charge in [-0.2, -0.15) is 13.2 Å². The maximum absolute atomic E-state index is 12.8. The Morgan fingerprint density at radius 2 is 1.89 bits per heavy atom. The molecule has 0 bridgehead atoms. The van der Waals surface area contributed by atoms with Crippen molar-refractivity contribution in [3.63, 3.8) is 0 Å². The molecule has 0 saturated heterocycles. The summed E-state index contributed by atoms with van der Waals surface area (Å²) in [5.41, 5.74) is 1.94. The maximum atomic E-state index is 12.8. The fraction of sp³-hybridized carbons (Fsp3) is 0.263. The van der Waals surface area contributed by atoms with Crippen molar-refractivity contribution in [2.75, 3.05) is 0 Å². The third-order valence-corrected chi connectivity index (χ3v) is 4.65. The first-order valence-corrected chi connectivity index (χ1v) is 9.11. The molecule has 1 aromatic heterocycles. The number of ether oxygens (including phenoxy) is 1. The van der Waals surface area contributed by atoms with E-state index in [2.05, 4.69) is 10.2 Å². The van der Waals surface area contributed by atoms with Gasteiger partial charge in [0.2, 0.25) is 0 Å². The van der Waals surface area contributed by atoms with Crippen LogP contribution in [-0.4, -0.2) is 10.2 Å². The van der Waals surface area contributed by atoms with Gasteiger partial charge in [-0.1, -0.05) is 42.1 Å². The molecule has 142 valence electrons. The lowest BCUT2D eigenvalue weighted by atomic mass is 10.1. The van der Waals surface area contributed by atoms with Gasteiger partial charge in [0.25, 0.3) is 11.1 Å². The third kappa shape index (κ3) is 5.26. The fourth-order valence-electron chi connectivity index (χ4n) is 2.34. The van der Waals surface area contributed by atoms with Gasteiger partial charge in [-0.05, 0) is 42.7 Å². The molecule has 0 amide bonds. The number of thioether (sulfide) groups is 1. The van der Waals surface area contributed by atoms with Crippen molar-refractivity contribution in [2.45, 2.75) is 37.6 Å². The van der Waals surface area contributed by atoms with E-state index in [-0.39, 0.29) is 11.8 Å². The third-order valence-electron chi connectivity index (χ3n) is 3.76. The summed E-state index contributed by atoms with van der Waals surface area (Å²) in [6, 6.07) is 11.1. The molecule has 0 aliphatic rings. The molecule has 2 aromatic carbocycles. The number of rotatable bonds is 6. The Morgan fingerprint density at radius 3 is 2.67 bits per heavy atom. The molecule has 0 fully saturated rings. The molecule has 4 nitrogen and oxygen atoms in total. The topological polar surface area (TPSA) is 48.2 Å². The zero-order chi connectivity index (χ0) is 19.4. The summed E-state index contributed by atoms with van der Waals surface area (Å²) < 4.78 is 49.4. The van der Waals surface area contributed by atoms with Gasteiger partial charge < -0.3 is 9.15 Å². The lowest BCUT2D eigenvalue weighted by Crippen LogP contribution is -2.04. The van der Waals surface area contributed by atoms with Crippen LogP contribution in [0.2, 0.25) is 0 Å². The van der Waals surface area contributed by atoms with E-state index in [0.717, 1.165) is 29.0 Å². The summed E-state index contributed by atoms with van der Waals surface area (Å²) in [4.78, 5) is 0. The normalized spacial score (nSPS) is 11.6. The van der Waals surface area contributed by atoms with Crippen LogP contribution in [0.4, 0.5) is 13.2 Å². The number of hydrogen-bond donors (Lipinski definition) is 0. The smallest absolute Gasteiger partial charge is 0.416 e. The van der Waals surface area contributed by atoms with Crippen LogP contribution in [0.3, 0.4) is 0 Å². The maximum Gasteiger partial charge on any atom is 0.416 e. The first-order chi connectivity index (χ1) is 12.8. The quantitative estimate of drug-likeness (QED) is 0.511. The second-order valence-electron chi connectivity index (χ2n) is 6.01. The molecule has 0 atom stereocenters. The molecule has 0 aliphatic carbocycles. The van der Waals surface area contributed by atoms with E-state index in [1.165, 1.54) is 17.8 Å². The zero-order valence-corrected chi connectivity index (χ0v) is 15.5. The standard InChI is InChI=1S/C19H17F3N2O2S/c1-12-6-7-13(2)16(8-12)25-10-17-23-24-18(26-17)27-11-14-4-3-5-15(9-14)19(20,21)22/h3-9H,10-11H2,1-2H3. The molecule has 0 radical (unpaired) electrons. The molecule has 3 rings (SSSR count). The molecule has 0 spiro atoms. The molecule has 0 unspecified atom stereocenters. The minimum Gasteiger partial charge on any atom is -0.484 e. The summed E-state index contributed by atoms with van der Waals surface area (Å²) in [6.45, 7) is 4.04. The molecular formula is C19H17F3N2O2S. The molecule has 8 heteroatoms. The molecule has 0 aliphatic heterocycles. The van der Waals surface area contributed by atoms with E-state index in [4.69, 9.17) is 9.15 Å². The van der Waals surface area contributed by atoms with Crippen LogP contribution in [-0.2, 0) is 18.5 Å². The van der Waals surface area contributed by atoms with Crippen LogP contribution in [0, 0.1) is 13.8 Å². The Hall–Kier alpha value is -2.48. The minimum absolute atomic E-state index is 0.126. The highest BCUT2D eigenvalue weighted by molar-refractivity contribution is 7.98. The SMILES string of the molecule is Cc1ccc(C)c(OCc2nnc(SCc3cccc(C(F)(F)F)c3)o2)c1. The van der Waals surface area contributed by atoms with Crippen molar-refractivity contribution in [1.29, 1.82) is 0 Å². The van der Waals surface area contributed by atoms with Gasteiger partial charge in [0.05, 0.1) is 5.56 Å². The van der Waals surface area contributed by atoms with E-state index >= 15 is 0 Å².